The lowest BCUT2D eigenvalue weighted by Gasteiger charge is -2.09. The van der Waals surface area contributed by atoms with Crippen molar-refractivity contribution in [2.75, 3.05) is 26.4 Å². The molecule has 0 N–H and O–H groups in total. The first-order chi connectivity index (χ1) is 15.3. The molecule has 0 radical (unpaired) electrons. The fourth-order valence-electron chi connectivity index (χ4n) is 4.83. The molecule has 162 valence electrons. The van der Waals surface area contributed by atoms with Crippen molar-refractivity contribution in [1.82, 2.24) is 4.57 Å². The number of aryl methyl sites for hydroxylation is 1. The fraction of sp³-hybridized carbons (Fsp3) is 0.500. The molecule has 0 amide bonds. The summed E-state index contributed by atoms with van der Waals surface area (Å²) >= 11 is 0. The van der Waals surface area contributed by atoms with Gasteiger partial charge in [0, 0.05) is 28.4 Å². The molecule has 0 saturated carbocycles. The summed E-state index contributed by atoms with van der Waals surface area (Å²) in [4.78, 5) is 0. The van der Waals surface area contributed by atoms with Crippen LogP contribution in [0.15, 0.2) is 36.4 Å². The van der Waals surface area contributed by atoms with Crippen molar-refractivity contribution in [3.8, 4) is 0 Å². The first kappa shape index (κ1) is 21.1. The fourth-order valence-corrected chi connectivity index (χ4v) is 4.83. The van der Waals surface area contributed by atoms with Crippen molar-refractivity contribution >= 4 is 47.0 Å². The second kappa shape index (κ2) is 9.78. The Morgan fingerprint density at radius 1 is 0.677 bits per heavy atom. The van der Waals surface area contributed by atoms with E-state index >= 15 is 0 Å². The number of nitrogens with zero attached hydrogens (tertiary/aromatic N) is 1. The lowest BCUT2D eigenvalue weighted by Crippen LogP contribution is -2.31. The Morgan fingerprint density at radius 3 is 1.68 bits per heavy atom. The van der Waals surface area contributed by atoms with Crippen molar-refractivity contribution in [2.45, 2.75) is 52.0 Å². The van der Waals surface area contributed by atoms with E-state index in [0.717, 1.165) is 17.5 Å². The quantitative estimate of drug-likeness (QED) is 0.393. The maximum Gasteiger partial charge on any atom is 0.494 e. The van der Waals surface area contributed by atoms with E-state index in [4.69, 9.17) is 18.6 Å². The van der Waals surface area contributed by atoms with E-state index in [9.17, 15) is 0 Å². The maximum absolute atomic E-state index is 5.75. The summed E-state index contributed by atoms with van der Waals surface area (Å²) in [6.45, 7) is 5.93. The molecule has 31 heavy (non-hydrogen) atoms. The van der Waals surface area contributed by atoms with Crippen LogP contribution >= 0.6 is 0 Å². The van der Waals surface area contributed by atoms with Crippen LogP contribution in [0.3, 0.4) is 0 Å². The molecule has 2 aliphatic rings. The molecular formula is C24H31B2NO4. The van der Waals surface area contributed by atoms with Crippen LogP contribution in [-0.4, -0.2) is 45.2 Å². The molecule has 5 rings (SSSR count). The topological polar surface area (TPSA) is 41.9 Å². The molecular weight excluding hydrogens is 388 g/mol. The van der Waals surface area contributed by atoms with Gasteiger partial charge in [0.2, 0.25) is 0 Å². The van der Waals surface area contributed by atoms with Crippen LogP contribution in [0.25, 0.3) is 21.8 Å². The minimum absolute atomic E-state index is 0.258. The first-order valence-electron chi connectivity index (χ1n) is 11.9. The number of hydrogen-bond acceptors (Lipinski definition) is 4. The molecule has 2 aliphatic heterocycles. The highest BCUT2D eigenvalue weighted by Crippen LogP contribution is 2.29. The van der Waals surface area contributed by atoms with Gasteiger partial charge in [0.1, 0.15) is 0 Å². The Labute approximate surface area is 185 Å². The van der Waals surface area contributed by atoms with Gasteiger partial charge in [-0.2, -0.15) is 0 Å². The highest BCUT2D eigenvalue weighted by Gasteiger charge is 2.29. The molecule has 0 atom stereocenters. The van der Waals surface area contributed by atoms with Crippen molar-refractivity contribution in [1.29, 1.82) is 0 Å². The SMILES string of the molecule is CCCCCCCCn1c2ccc(B3OCCO3)cc2c2cc(B3OCCO3)ccc21. The second-order valence-corrected chi connectivity index (χ2v) is 8.62. The Balaban J connectivity index is 1.49. The zero-order valence-electron chi connectivity index (χ0n) is 18.5. The van der Waals surface area contributed by atoms with E-state index in [1.807, 2.05) is 0 Å². The minimum atomic E-state index is -0.258. The maximum atomic E-state index is 5.75. The highest BCUT2D eigenvalue weighted by molar-refractivity contribution is 6.62. The number of hydrogen-bond donors (Lipinski definition) is 0. The van der Waals surface area contributed by atoms with Gasteiger partial charge in [-0.1, -0.05) is 63.3 Å². The van der Waals surface area contributed by atoms with E-state index < -0.39 is 0 Å². The van der Waals surface area contributed by atoms with Gasteiger partial charge in [0.05, 0.1) is 26.4 Å². The molecule has 0 unspecified atom stereocenters. The summed E-state index contributed by atoms with van der Waals surface area (Å²) in [7, 11) is -0.517. The van der Waals surface area contributed by atoms with Crippen molar-refractivity contribution in [3.05, 3.63) is 36.4 Å². The summed E-state index contributed by atoms with van der Waals surface area (Å²) in [6, 6.07) is 13.2. The lowest BCUT2D eigenvalue weighted by atomic mass is 9.77. The summed E-state index contributed by atoms with van der Waals surface area (Å²) < 4.78 is 25.5. The van der Waals surface area contributed by atoms with Crippen LogP contribution in [0.5, 0.6) is 0 Å². The Hall–Kier alpha value is -1.79. The van der Waals surface area contributed by atoms with Gasteiger partial charge in [-0.25, -0.2) is 0 Å². The molecule has 0 bridgehead atoms. The average molecular weight is 419 g/mol. The third-order valence-corrected chi connectivity index (χ3v) is 6.44. The summed E-state index contributed by atoms with van der Waals surface area (Å²) in [5.74, 6) is 0. The summed E-state index contributed by atoms with van der Waals surface area (Å²) in [5, 5.41) is 2.50. The van der Waals surface area contributed by atoms with Gasteiger partial charge < -0.3 is 23.2 Å². The predicted molar refractivity (Wildman–Crippen MR) is 127 cm³/mol. The summed E-state index contributed by atoms with van der Waals surface area (Å²) in [5.41, 5.74) is 4.72. The third kappa shape index (κ3) is 4.42. The van der Waals surface area contributed by atoms with Gasteiger partial charge in [-0.05, 0) is 29.5 Å². The van der Waals surface area contributed by atoms with Crippen LogP contribution < -0.4 is 10.9 Å². The summed E-state index contributed by atoms with van der Waals surface area (Å²) in [6.07, 6.45) is 7.80. The number of benzene rings is 2. The normalized spacial score (nSPS) is 16.9. The van der Waals surface area contributed by atoms with E-state index in [-0.39, 0.29) is 14.2 Å². The molecule has 1 aromatic heterocycles. The minimum Gasteiger partial charge on any atom is -0.405 e. The van der Waals surface area contributed by atoms with Crippen molar-refractivity contribution < 1.29 is 18.6 Å². The lowest BCUT2D eigenvalue weighted by molar-refractivity contribution is 0.365. The number of rotatable bonds is 9. The molecule has 2 aromatic carbocycles. The Kier molecular flexibility index (Phi) is 6.65. The molecule has 2 fully saturated rings. The highest BCUT2D eigenvalue weighted by atomic mass is 16.6. The van der Waals surface area contributed by atoms with Crippen LogP contribution in [0.4, 0.5) is 0 Å². The number of aromatic nitrogens is 1. The zero-order valence-corrected chi connectivity index (χ0v) is 18.5. The third-order valence-electron chi connectivity index (χ3n) is 6.44. The number of fused-ring (bicyclic) bond motifs is 3. The van der Waals surface area contributed by atoms with Gasteiger partial charge in [-0.3, -0.25) is 0 Å². The van der Waals surface area contributed by atoms with Crippen LogP contribution in [0.2, 0.25) is 0 Å². The molecule has 3 aromatic rings. The first-order valence-corrected chi connectivity index (χ1v) is 11.9. The van der Waals surface area contributed by atoms with E-state index in [1.165, 1.54) is 60.3 Å². The number of unbranched alkanes of at least 4 members (excludes halogenated alkanes) is 5. The van der Waals surface area contributed by atoms with Crippen LogP contribution in [0, 0.1) is 0 Å². The predicted octanol–water partition coefficient (Wildman–Crippen LogP) is 3.64. The monoisotopic (exact) mass is 419 g/mol. The van der Waals surface area contributed by atoms with Crippen LogP contribution in [-0.2, 0) is 25.2 Å². The second-order valence-electron chi connectivity index (χ2n) is 8.62. The Bertz CT molecular complexity index is 952. The molecule has 5 nitrogen and oxygen atoms in total. The Morgan fingerprint density at radius 2 is 1.16 bits per heavy atom. The smallest absolute Gasteiger partial charge is 0.405 e. The van der Waals surface area contributed by atoms with Crippen LogP contribution in [0.1, 0.15) is 45.4 Å². The molecule has 7 heteroatoms. The van der Waals surface area contributed by atoms with Gasteiger partial charge >= 0.3 is 14.2 Å². The molecule has 0 spiro atoms. The largest absolute Gasteiger partial charge is 0.494 e. The van der Waals surface area contributed by atoms with Crippen molar-refractivity contribution in [3.63, 3.8) is 0 Å². The zero-order chi connectivity index (χ0) is 21.0. The average Bonchev–Trinajstić information content (AvgIpc) is 3.57. The molecule has 0 aliphatic carbocycles. The van der Waals surface area contributed by atoms with Gasteiger partial charge in [0.25, 0.3) is 0 Å². The van der Waals surface area contributed by atoms with E-state index in [0.29, 0.717) is 26.4 Å². The van der Waals surface area contributed by atoms with E-state index in [1.54, 1.807) is 0 Å². The van der Waals surface area contributed by atoms with Gasteiger partial charge in [-0.15, -0.1) is 0 Å². The van der Waals surface area contributed by atoms with Gasteiger partial charge in [0.15, 0.2) is 0 Å². The van der Waals surface area contributed by atoms with E-state index in [2.05, 4.69) is 47.9 Å². The van der Waals surface area contributed by atoms with Crippen molar-refractivity contribution in [2.24, 2.45) is 0 Å². The standard InChI is InChI=1S/C24H31B2NO4/c1-2-3-4-5-6-7-12-27-23-10-8-19(25-28-13-14-29-25)17-21(23)22-18-20(9-11-24(22)27)26-30-15-16-31-26/h8-11,17-18H,2-7,12-16H2,1H3. The molecule has 2 saturated heterocycles. The molecule has 3 heterocycles.